The molecule has 1 aliphatic rings. The average molecular weight is 373 g/mol. The lowest BCUT2D eigenvalue weighted by Crippen LogP contribution is -2.29. The van der Waals surface area contributed by atoms with Gasteiger partial charge in [-0.25, -0.2) is 0 Å². The number of thioether (sulfide) groups is 1. The highest BCUT2D eigenvalue weighted by atomic mass is 32.2. The van der Waals surface area contributed by atoms with Gasteiger partial charge in [-0.05, 0) is 31.4 Å². The van der Waals surface area contributed by atoms with Gasteiger partial charge in [0, 0.05) is 29.3 Å². The van der Waals surface area contributed by atoms with Crippen molar-refractivity contribution in [1.29, 1.82) is 10.7 Å². The summed E-state index contributed by atoms with van der Waals surface area (Å²) in [6, 6.07) is 9.18. The summed E-state index contributed by atoms with van der Waals surface area (Å²) < 4.78 is 4.98. The van der Waals surface area contributed by atoms with Gasteiger partial charge in [0.15, 0.2) is 12.4 Å². The molecule has 0 bridgehead atoms. The molecule has 0 spiro atoms. The normalized spacial score (nSPS) is 17.5. The highest BCUT2D eigenvalue weighted by Crippen LogP contribution is 2.28. The number of amides is 1. The molecular formula is C18H19N3O4S. The van der Waals surface area contributed by atoms with Crippen LogP contribution in [0, 0.1) is 28.6 Å². The van der Waals surface area contributed by atoms with Gasteiger partial charge >= 0.3 is 5.97 Å². The second-order valence-electron chi connectivity index (χ2n) is 5.93. The average Bonchev–Trinajstić information content (AvgIpc) is 3.01. The number of nitriles is 1. The molecule has 2 rings (SSSR count). The number of carbonyl (C=O) groups excluding carboxylic acids is 3. The summed E-state index contributed by atoms with van der Waals surface area (Å²) in [6.45, 7) is 0.971. The summed E-state index contributed by atoms with van der Waals surface area (Å²) in [6.07, 6.45) is 1.95. The molecule has 7 nitrogen and oxygen atoms in total. The van der Waals surface area contributed by atoms with Crippen molar-refractivity contribution in [3.05, 3.63) is 24.3 Å². The molecule has 0 saturated carbocycles. The molecule has 26 heavy (non-hydrogen) atoms. The van der Waals surface area contributed by atoms with Crippen LogP contribution in [-0.4, -0.2) is 42.8 Å². The van der Waals surface area contributed by atoms with Gasteiger partial charge in [-0.3, -0.25) is 14.4 Å². The van der Waals surface area contributed by atoms with Crippen molar-refractivity contribution in [3.63, 3.8) is 0 Å². The molecule has 1 aliphatic heterocycles. The third-order valence-corrected chi connectivity index (χ3v) is 4.79. The van der Waals surface area contributed by atoms with Gasteiger partial charge in [0.05, 0.1) is 12.0 Å². The zero-order valence-electron chi connectivity index (χ0n) is 14.5. The number of anilines is 1. The lowest BCUT2D eigenvalue weighted by molar-refractivity contribution is -0.152. The standard InChI is InChI=1S/C18H19N3O4S/c1-11(20)15(8-19)16(22)10-25-18(24)12-6-17(23)21(9-12)13-4-3-5-14(7-13)26-2/h3-5,7,12,15,20H,6,9-10H2,1-2H3/t12-,15?/m1/s1. The minimum atomic E-state index is -1.21. The number of carbonyl (C=O) groups is 3. The first-order valence-corrected chi connectivity index (χ1v) is 9.18. The summed E-state index contributed by atoms with van der Waals surface area (Å²) in [5.74, 6) is -3.33. The Balaban J connectivity index is 1.97. The zero-order chi connectivity index (χ0) is 19.3. The molecule has 1 N–H and O–H groups in total. The van der Waals surface area contributed by atoms with Crippen LogP contribution in [0.4, 0.5) is 5.69 Å². The van der Waals surface area contributed by atoms with Gasteiger partial charge in [-0.2, -0.15) is 5.26 Å². The molecule has 0 radical (unpaired) electrons. The number of hydrogen-bond donors (Lipinski definition) is 1. The van der Waals surface area contributed by atoms with Crippen molar-refractivity contribution in [2.75, 3.05) is 24.3 Å². The monoisotopic (exact) mass is 373 g/mol. The van der Waals surface area contributed by atoms with Gasteiger partial charge in [0.2, 0.25) is 5.91 Å². The number of hydrogen-bond acceptors (Lipinski definition) is 7. The molecule has 1 heterocycles. The van der Waals surface area contributed by atoms with E-state index in [0.717, 1.165) is 10.6 Å². The van der Waals surface area contributed by atoms with Gasteiger partial charge < -0.3 is 15.0 Å². The maximum Gasteiger partial charge on any atom is 0.311 e. The van der Waals surface area contributed by atoms with Crippen molar-refractivity contribution in [2.24, 2.45) is 11.8 Å². The minimum Gasteiger partial charge on any atom is -0.457 e. The van der Waals surface area contributed by atoms with Crippen molar-refractivity contribution < 1.29 is 19.1 Å². The Morgan fingerprint density at radius 2 is 2.23 bits per heavy atom. The molecule has 0 aromatic heterocycles. The Morgan fingerprint density at radius 3 is 2.85 bits per heavy atom. The van der Waals surface area contributed by atoms with E-state index in [1.54, 1.807) is 23.9 Å². The maximum absolute atomic E-state index is 12.2. The first kappa shape index (κ1) is 19.7. The van der Waals surface area contributed by atoms with Gasteiger partial charge in [-0.1, -0.05) is 6.07 Å². The van der Waals surface area contributed by atoms with Crippen LogP contribution >= 0.6 is 11.8 Å². The molecule has 1 amide bonds. The summed E-state index contributed by atoms with van der Waals surface area (Å²) in [5.41, 5.74) is 0.627. The lowest BCUT2D eigenvalue weighted by Gasteiger charge is -2.17. The SMILES string of the molecule is CSc1cccc(N2C[C@H](C(=O)OCC(=O)C(C#N)C(C)=N)CC2=O)c1. The zero-order valence-corrected chi connectivity index (χ0v) is 15.3. The quantitative estimate of drug-likeness (QED) is 0.445. The van der Waals surface area contributed by atoms with E-state index in [1.165, 1.54) is 11.8 Å². The minimum absolute atomic E-state index is 0.0157. The molecule has 8 heteroatoms. The summed E-state index contributed by atoms with van der Waals surface area (Å²) >= 11 is 1.56. The second-order valence-corrected chi connectivity index (χ2v) is 6.81. The fourth-order valence-electron chi connectivity index (χ4n) is 2.65. The van der Waals surface area contributed by atoms with Crippen LogP contribution in [0.2, 0.25) is 0 Å². The number of nitrogens with one attached hydrogen (secondary N) is 1. The Kier molecular flexibility index (Phi) is 6.52. The maximum atomic E-state index is 12.2. The largest absolute Gasteiger partial charge is 0.457 e. The number of Topliss-reactive ketones (excluding diaryl/α,β-unsaturated/α-hetero) is 1. The molecule has 1 fully saturated rings. The van der Waals surface area contributed by atoms with Crippen LogP contribution in [0.3, 0.4) is 0 Å². The number of ether oxygens (including phenoxy) is 1. The van der Waals surface area contributed by atoms with Crippen LogP contribution < -0.4 is 4.90 Å². The van der Waals surface area contributed by atoms with E-state index in [-0.39, 0.29) is 24.6 Å². The van der Waals surface area contributed by atoms with E-state index in [4.69, 9.17) is 15.4 Å². The van der Waals surface area contributed by atoms with Crippen LogP contribution in [0.25, 0.3) is 0 Å². The number of nitrogens with zero attached hydrogens (tertiary/aromatic N) is 2. The third kappa shape index (κ3) is 4.49. The Labute approximate surface area is 155 Å². The first-order chi connectivity index (χ1) is 12.4. The second kappa shape index (κ2) is 8.63. The van der Waals surface area contributed by atoms with Gasteiger partial charge in [-0.15, -0.1) is 11.8 Å². The molecule has 1 saturated heterocycles. The highest BCUT2D eigenvalue weighted by molar-refractivity contribution is 7.98. The molecule has 1 aromatic rings. The topological polar surface area (TPSA) is 111 Å². The summed E-state index contributed by atoms with van der Waals surface area (Å²) in [4.78, 5) is 38.8. The number of rotatable bonds is 7. The van der Waals surface area contributed by atoms with Crippen molar-refractivity contribution in [3.8, 4) is 6.07 Å². The number of ketones is 1. The Morgan fingerprint density at radius 1 is 1.50 bits per heavy atom. The molecule has 2 atom stereocenters. The number of benzene rings is 1. The first-order valence-electron chi connectivity index (χ1n) is 7.95. The van der Waals surface area contributed by atoms with Crippen molar-refractivity contribution in [1.82, 2.24) is 0 Å². The fourth-order valence-corrected chi connectivity index (χ4v) is 3.10. The Hall–Kier alpha value is -2.66. The van der Waals surface area contributed by atoms with Crippen LogP contribution in [0.1, 0.15) is 13.3 Å². The summed E-state index contributed by atoms with van der Waals surface area (Å²) in [7, 11) is 0. The van der Waals surface area contributed by atoms with E-state index < -0.39 is 30.2 Å². The van der Waals surface area contributed by atoms with Gasteiger partial charge in [0.1, 0.15) is 5.92 Å². The smallest absolute Gasteiger partial charge is 0.311 e. The van der Waals surface area contributed by atoms with Crippen LogP contribution in [0.15, 0.2) is 29.2 Å². The Bertz CT molecular complexity index is 787. The number of esters is 1. The molecule has 1 unspecified atom stereocenters. The molecular weight excluding hydrogens is 354 g/mol. The molecule has 1 aromatic carbocycles. The molecule has 136 valence electrons. The lowest BCUT2D eigenvalue weighted by atomic mass is 10.0. The predicted octanol–water partition coefficient (Wildman–Crippen LogP) is 2.05. The van der Waals surface area contributed by atoms with E-state index in [1.807, 2.05) is 24.5 Å². The van der Waals surface area contributed by atoms with Gasteiger partial charge in [0.25, 0.3) is 0 Å². The van der Waals surface area contributed by atoms with Crippen molar-refractivity contribution in [2.45, 2.75) is 18.2 Å². The van der Waals surface area contributed by atoms with E-state index in [2.05, 4.69) is 0 Å². The van der Waals surface area contributed by atoms with E-state index in [9.17, 15) is 14.4 Å². The molecule has 0 aliphatic carbocycles. The van der Waals surface area contributed by atoms with Crippen LogP contribution in [0.5, 0.6) is 0 Å². The summed E-state index contributed by atoms with van der Waals surface area (Å²) in [5, 5.41) is 16.3. The third-order valence-electron chi connectivity index (χ3n) is 4.06. The van der Waals surface area contributed by atoms with Crippen LogP contribution in [-0.2, 0) is 19.1 Å². The van der Waals surface area contributed by atoms with Crippen molar-refractivity contribution >= 4 is 40.8 Å². The predicted molar refractivity (Wildman–Crippen MR) is 97.2 cm³/mol. The highest BCUT2D eigenvalue weighted by Gasteiger charge is 2.36. The van der Waals surface area contributed by atoms with E-state index in [0.29, 0.717) is 0 Å². The van der Waals surface area contributed by atoms with E-state index >= 15 is 0 Å². The fraction of sp³-hybridized carbons (Fsp3) is 0.389.